The van der Waals surface area contributed by atoms with Crippen molar-refractivity contribution in [3.8, 4) is 5.75 Å². The molecule has 1 aromatic carbocycles. The molecule has 1 unspecified atom stereocenters. The minimum absolute atomic E-state index is 0.177. The summed E-state index contributed by atoms with van der Waals surface area (Å²) in [6.07, 6.45) is -2.45. The van der Waals surface area contributed by atoms with Crippen molar-refractivity contribution in [1.29, 1.82) is 0 Å². The van der Waals surface area contributed by atoms with E-state index in [1.807, 2.05) is 0 Å². The van der Waals surface area contributed by atoms with Gasteiger partial charge in [0.15, 0.2) is 0 Å². The number of rotatable bonds is 5. The molecule has 2 rings (SSSR count). The number of hydrogen-bond donors (Lipinski definition) is 1. The first-order valence-electron chi connectivity index (χ1n) is 6.73. The summed E-state index contributed by atoms with van der Waals surface area (Å²) in [4.78, 5) is 2.31. The molecule has 1 heterocycles. The van der Waals surface area contributed by atoms with Crippen LogP contribution in [0.1, 0.15) is 18.4 Å². The lowest BCUT2D eigenvalue weighted by Crippen LogP contribution is -2.21. The van der Waals surface area contributed by atoms with E-state index >= 15 is 0 Å². The van der Waals surface area contributed by atoms with Crippen molar-refractivity contribution < 1.29 is 17.9 Å². The van der Waals surface area contributed by atoms with Crippen molar-refractivity contribution in [2.24, 2.45) is 11.7 Å². The minimum atomic E-state index is -4.63. The maximum atomic E-state index is 12.0. The van der Waals surface area contributed by atoms with Crippen molar-refractivity contribution in [2.75, 3.05) is 19.6 Å². The van der Waals surface area contributed by atoms with Crippen LogP contribution in [-0.2, 0) is 6.54 Å². The average molecular weight is 288 g/mol. The van der Waals surface area contributed by atoms with E-state index in [-0.39, 0.29) is 5.75 Å². The second-order valence-electron chi connectivity index (χ2n) is 5.16. The summed E-state index contributed by atoms with van der Waals surface area (Å²) in [6.45, 7) is 3.50. The number of hydrogen-bond acceptors (Lipinski definition) is 3. The molecular formula is C14H19F3N2O. The molecule has 20 heavy (non-hydrogen) atoms. The standard InChI is InChI=1S/C14H19F3N2O/c15-14(16,17)20-13-3-1-11(2-4-13)9-19-8-6-12(10-19)5-7-18/h1-4,12H,5-10,18H2. The van der Waals surface area contributed by atoms with Crippen LogP contribution in [0.15, 0.2) is 24.3 Å². The average Bonchev–Trinajstić information content (AvgIpc) is 2.78. The van der Waals surface area contributed by atoms with Crippen LogP contribution in [0.25, 0.3) is 0 Å². The number of nitrogens with zero attached hydrogens (tertiary/aromatic N) is 1. The third kappa shape index (κ3) is 4.68. The van der Waals surface area contributed by atoms with E-state index < -0.39 is 6.36 Å². The molecule has 1 fully saturated rings. The Morgan fingerprint density at radius 3 is 2.55 bits per heavy atom. The van der Waals surface area contributed by atoms with Crippen molar-refractivity contribution >= 4 is 0 Å². The third-order valence-corrected chi connectivity index (χ3v) is 3.51. The summed E-state index contributed by atoms with van der Waals surface area (Å²) in [5.74, 6) is 0.469. The fourth-order valence-electron chi connectivity index (χ4n) is 2.58. The summed E-state index contributed by atoms with van der Waals surface area (Å²) in [5.41, 5.74) is 6.54. The third-order valence-electron chi connectivity index (χ3n) is 3.51. The molecule has 0 radical (unpaired) electrons. The second kappa shape index (κ2) is 6.45. The summed E-state index contributed by atoms with van der Waals surface area (Å²) in [6, 6.07) is 6.07. The zero-order valence-electron chi connectivity index (χ0n) is 11.2. The largest absolute Gasteiger partial charge is 0.573 e. The van der Waals surface area contributed by atoms with Gasteiger partial charge in [-0.2, -0.15) is 0 Å². The Morgan fingerprint density at radius 2 is 1.95 bits per heavy atom. The summed E-state index contributed by atoms with van der Waals surface area (Å²) in [7, 11) is 0. The van der Waals surface area contributed by atoms with Gasteiger partial charge >= 0.3 is 6.36 Å². The number of likely N-dealkylation sites (tertiary alicyclic amines) is 1. The zero-order valence-corrected chi connectivity index (χ0v) is 11.2. The van der Waals surface area contributed by atoms with Crippen molar-refractivity contribution in [3.63, 3.8) is 0 Å². The number of benzene rings is 1. The van der Waals surface area contributed by atoms with Gasteiger partial charge in [0.1, 0.15) is 5.75 Å². The van der Waals surface area contributed by atoms with Gasteiger partial charge in [0.2, 0.25) is 0 Å². The SMILES string of the molecule is NCCC1CCN(Cc2ccc(OC(F)(F)F)cc2)C1. The summed E-state index contributed by atoms with van der Waals surface area (Å²) >= 11 is 0. The Morgan fingerprint density at radius 1 is 1.25 bits per heavy atom. The Bertz CT molecular complexity index is 419. The van der Waals surface area contributed by atoms with E-state index in [1.165, 1.54) is 12.1 Å². The molecule has 6 heteroatoms. The maximum Gasteiger partial charge on any atom is 0.573 e. The van der Waals surface area contributed by atoms with E-state index in [0.29, 0.717) is 12.5 Å². The Labute approximate surface area is 116 Å². The van der Waals surface area contributed by atoms with Gasteiger partial charge in [0.05, 0.1) is 0 Å². The Kier molecular flexibility index (Phi) is 4.88. The lowest BCUT2D eigenvalue weighted by atomic mass is 10.1. The highest BCUT2D eigenvalue weighted by Crippen LogP contribution is 2.24. The predicted octanol–water partition coefficient (Wildman–Crippen LogP) is 2.76. The van der Waals surface area contributed by atoms with Crippen LogP contribution >= 0.6 is 0 Å². The Hall–Kier alpha value is -1.27. The molecule has 1 aromatic rings. The molecule has 0 saturated carbocycles. The van der Waals surface area contributed by atoms with Gasteiger partial charge in [0, 0.05) is 13.1 Å². The van der Waals surface area contributed by atoms with Gasteiger partial charge in [-0.25, -0.2) is 0 Å². The van der Waals surface area contributed by atoms with E-state index in [1.54, 1.807) is 12.1 Å². The topological polar surface area (TPSA) is 38.5 Å². The van der Waals surface area contributed by atoms with Crippen LogP contribution in [0.2, 0.25) is 0 Å². The molecule has 1 atom stereocenters. The molecule has 1 aliphatic heterocycles. The summed E-state index contributed by atoms with van der Waals surface area (Å²) in [5, 5.41) is 0. The van der Waals surface area contributed by atoms with E-state index in [2.05, 4.69) is 9.64 Å². The first-order valence-corrected chi connectivity index (χ1v) is 6.73. The molecule has 0 bridgehead atoms. The van der Waals surface area contributed by atoms with Gasteiger partial charge in [0.25, 0.3) is 0 Å². The van der Waals surface area contributed by atoms with E-state index in [0.717, 1.165) is 38.0 Å². The normalized spacial score (nSPS) is 20.3. The molecule has 112 valence electrons. The second-order valence-corrected chi connectivity index (χ2v) is 5.16. The van der Waals surface area contributed by atoms with Crippen LogP contribution in [-0.4, -0.2) is 30.9 Å². The van der Waals surface area contributed by atoms with Gasteiger partial charge < -0.3 is 10.5 Å². The van der Waals surface area contributed by atoms with Crippen LogP contribution < -0.4 is 10.5 Å². The number of ether oxygens (including phenoxy) is 1. The van der Waals surface area contributed by atoms with Gasteiger partial charge in [-0.1, -0.05) is 12.1 Å². The molecular weight excluding hydrogens is 269 g/mol. The molecule has 3 nitrogen and oxygen atoms in total. The highest BCUT2D eigenvalue weighted by molar-refractivity contribution is 5.27. The Balaban J connectivity index is 1.85. The highest BCUT2D eigenvalue weighted by Gasteiger charge is 2.31. The molecule has 1 aliphatic rings. The molecule has 0 amide bonds. The van der Waals surface area contributed by atoms with Crippen LogP contribution in [0, 0.1) is 5.92 Å². The van der Waals surface area contributed by atoms with Crippen molar-refractivity contribution in [2.45, 2.75) is 25.7 Å². The van der Waals surface area contributed by atoms with E-state index in [4.69, 9.17) is 5.73 Å². The van der Waals surface area contributed by atoms with Crippen LogP contribution in [0.5, 0.6) is 5.75 Å². The van der Waals surface area contributed by atoms with Crippen LogP contribution in [0.3, 0.4) is 0 Å². The molecule has 2 N–H and O–H groups in total. The van der Waals surface area contributed by atoms with Gasteiger partial charge in [-0.05, 0) is 49.5 Å². The quantitative estimate of drug-likeness (QED) is 0.905. The van der Waals surface area contributed by atoms with E-state index in [9.17, 15) is 13.2 Å². The number of halogens is 3. The maximum absolute atomic E-state index is 12.0. The first kappa shape index (κ1) is 15.1. The van der Waals surface area contributed by atoms with Crippen LogP contribution in [0.4, 0.5) is 13.2 Å². The van der Waals surface area contributed by atoms with Crippen molar-refractivity contribution in [3.05, 3.63) is 29.8 Å². The molecule has 0 aliphatic carbocycles. The fraction of sp³-hybridized carbons (Fsp3) is 0.571. The fourth-order valence-corrected chi connectivity index (χ4v) is 2.58. The van der Waals surface area contributed by atoms with Gasteiger partial charge in [-0.3, -0.25) is 4.90 Å². The number of nitrogens with two attached hydrogens (primary N) is 1. The lowest BCUT2D eigenvalue weighted by Gasteiger charge is -2.16. The highest BCUT2D eigenvalue weighted by atomic mass is 19.4. The predicted molar refractivity (Wildman–Crippen MR) is 70.2 cm³/mol. The smallest absolute Gasteiger partial charge is 0.406 e. The number of alkyl halides is 3. The molecule has 1 saturated heterocycles. The summed E-state index contributed by atoms with van der Waals surface area (Å²) < 4.78 is 40.0. The zero-order chi connectivity index (χ0) is 14.6. The van der Waals surface area contributed by atoms with Crippen molar-refractivity contribution in [1.82, 2.24) is 4.90 Å². The molecule has 0 aromatic heterocycles. The first-order chi connectivity index (χ1) is 9.46. The monoisotopic (exact) mass is 288 g/mol. The minimum Gasteiger partial charge on any atom is -0.406 e. The molecule has 0 spiro atoms. The lowest BCUT2D eigenvalue weighted by molar-refractivity contribution is -0.274. The van der Waals surface area contributed by atoms with Gasteiger partial charge in [-0.15, -0.1) is 13.2 Å².